The average molecular weight is 411 g/mol. The molecule has 0 aromatic heterocycles. The minimum atomic E-state index is -0.457. The number of unbranched alkanes of at least 4 members (excludes halogenated alkanes) is 2. The maximum absolute atomic E-state index is 6.54. The van der Waals surface area contributed by atoms with Crippen LogP contribution in [0.3, 0.4) is 0 Å². The average Bonchev–Trinajstić information content (AvgIpc) is 3.39. The fourth-order valence-corrected chi connectivity index (χ4v) is 5.84. The summed E-state index contributed by atoms with van der Waals surface area (Å²) in [6, 6.07) is 0. The molecule has 0 aromatic rings. The molecule has 3 heterocycles. The number of ether oxygens (including phenoxy) is 6. The molecule has 0 bridgehead atoms. The third-order valence-corrected chi connectivity index (χ3v) is 7.42. The monoisotopic (exact) mass is 410 g/mol. The van der Waals surface area contributed by atoms with Crippen LogP contribution in [0.5, 0.6) is 0 Å². The molecular weight excluding hydrogens is 372 g/mol. The highest BCUT2D eigenvalue weighted by Gasteiger charge is 2.61. The SMILES string of the molecule is CCCCCO[C@@H]1[C@H]([C@@H]2COC3(CCCCC3)O2)O[C@@H]2OC3(CCCCC3)O[C@@H]21. The van der Waals surface area contributed by atoms with E-state index in [-0.39, 0.29) is 30.7 Å². The highest BCUT2D eigenvalue weighted by molar-refractivity contribution is 5.01. The lowest BCUT2D eigenvalue weighted by molar-refractivity contribution is -0.262. The summed E-state index contributed by atoms with van der Waals surface area (Å²) >= 11 is 0. The Bertz CT molecular complexity index is 541. The number of hydrogen-bond acceptors (Lipinski definition) is 6. The second-order valence-corrected chi connectivity index (χ2v) is 9.62. The Morgan fingerprint density at radius 1 is 0.793 bits per heavy atom. The van der Waals surface area contributed by atoms with E-state index in [9.17, 15) is 0 Å². The molecule has 0 amide bonds. The smallest absolute Gasteiger partial charge is 0.190 e. The minimum absolute atomic E-state index is 0.107. The van der Waals surface area contributed by atoms with Crippen LogP contribution in [-0.4, -0.2) is 55.5 Å². The van der Waals surface area contributed by atoms with Gasteiger partial charge in [-0.15, -0.1) is 0 Å². The van der Waals surface area contributed by atoms with Crippen molar-refractivity contribution >= 4 is 0 Å². The molecule has 0 unspecified atom stereocenters. The number of fused-ring (bicyclic) bond motifs is 1. The molecular formula is C23H38O6. The van der Waals surface area contributed by atoms with Crippen LogP contribution in [0.2, 0.25) is 0 Å². The van der Waals surface area contributed by atoms with Crippen LogP contribution in [0.1, 0.15) is 90.4 Å². The fraction of sp³-hybridized carbons (Fsp3) is 1.00. The molecule has 0 N–H and O–H groups in total. The van der Waals surface area contributed by atoms with Gasteiger partial charge in [-0.2, -0.15) is 0 Å². The second kappa shape index (κ2) is 8.71. The van der Waals surface area contributed by atoms with E-state index in [0.717, 1.165) is 51.6 Å². The summed E-state index contributed by atoms with van der Waals surface area (Å²) in [5, 5.41) is 0. The topological polar surface area (TPSA) is 55.4 Å². The minimum Gasteiger partial charge on any atom is -0.372 e. The van der Waals surface area contributed by atoms with Crippen molar-refractivity contribution in [3.63, 3.8) is 0 Å². The third kappa shape index (κ3) is 4.13. The van der Waals surface area contributed by atoms with Crippen LogP contribution in [0.25, 0.3) is 0 Å². The quantitative estimate of drug-likeness (QED) is 0.604. The molecule has 166 valence electrons. The molecule has 2 spiro atoms. The van der Waals surface area contributed by atoms with Gasteiger partial charge in [0, 0.05) is 32.3 Å². The van der Waals surface area contributed by atoms with Crippen LogP contribution < -0.4 is 0 Å². The van der Waals surface area contributed by atoms with E-state index in [0.29, 0.717) is 6.61 Å². The standard InChI is InChI=1S/C23H38O6/c1-2-3-10-15-24-19-18(17-16-25-22(27-17)11-6-4-7-12-22)26-21-20(19)28-23(29-21)13-8-5-9-14-23/h17-21H,2-16H2,1H3/t17-,18-,19+,20+,21+/m0/s1. The van der Waals surface area contributed by atoms with Crippen LogP contribution in [0.15, 0.2) is 0 Å². The molecule has 2 saturated carbocycles. The van der Waals surface area contributed by atoms with E-state index in [1.165, 1.54) is 38.5 Å². The summed E-state index contributed by atoms with van der Waals surface area (Å²) < 4.78 is 38.4. The van der Waals surface area contributed by atoms with Crippen molar-refractivity contribution in [1.29, 1.82) is 0 Å². The van der Waals surface area contributed by atoms with Gasteiger partial charge in [0.1, 0.15) is 24.4 Å². The zero-order valence-corrected chi connectivity index (χ0v) is 17.9. The fourth-order valence-electron chi connectivity index (χ4n) is 5.84. The number of hydrogen-bond donors (Lipinski definition) is 0. The van der Waals surface area contributed by atoms with Crippen LogP contribution in [-0.2, 0) is 28.4 Å². The lowest BCUT2D eigenvalue weighted by Gasteiger charge is -2.35. The molecule has 6 nitrogen and oxygen atoms in total. The Balaban J connectivity index is 1.27. The predicted molar refractivity (Wildman–Crippen MR) is 106 cm³/mol. The van der Waals surface area contributed by atoms with E-state index in [4.69, 9.17) is 28.4 Å². The van der Waals surface area contributed by atoms with Crippen molar-refractivity contribution in [2.75, 3.05) is 13.2 Å². The van der Waals surface area contributed by atoms with Crippen LogP contribution >= 0.6 is 0 Å². The highest BCUT2D eigenvalue weighted by atomic mass is 16.9. The first-order chi connectivity index (χ1) is 14.2. The summed E-state index contributed by atoms with van der Waals surface area (Å²) in [5.41, 5.74) is 0. The second-order valence-electron chi connectivity index (χ2n) is 9.62. The first-order valence-electron chi connectivity index (χ1n) is 12.2. The van der Waals surface area contributed by atoms with E-state index < -0.39 is 11.6 Å². The molecule has 3 aliphatic heterocycles. The first kappa shape index (κ1) is 20.7. The summed E-state index contributed by atoms with van der Waals surface area (Å²) in [6.07, 6.45) is 13.6. The van der Waals surface area contributed by atoms with Gasteiger partial charge in [-0.05, 0) is 32.1 Å². The maximum Gasteiger partial charge on any atom is 0.190 e. The third-order valence-electron chi connectivity index (χ3n) is 7.42. The van der Waals surface area contributed by atoms with E-state index >= 15 is 0 Å². The van der Waals surface area contributed by atoms with Crippen molar-refractivity contribution < 1.29 is 28.4 Å². The first-order valence-corrected chi connectivity index (χ1v) is 12.2. The van der Waals surface area contributed by atoms with E-state index in [1.807, 2.05) is 0 Å². The molecule has 5 aliphatic rings. The Morgan fingerprint density at radius 2 is 1.52 bits per heavy atom. The lowest BCUT2D eigenvalue weighted by atomic mass is 9.94. The lowest BCUT2D eigenvalue weighted by Crippen LogP contribution is -2.46. The summed E-state index contributed by atoms with van der Waals surface area (Å²) in [4.78, 5) is 0. The largest absolute Gasteiger partial charge is 0.372 e. The number of rotatable bonds is 6. The van der Waals surface area contributed by atoms with Crippen molar-refractivity contribution in [1.82, 2.24) is 0 Å². The van der Waals surface area contributed by atoms with E-state index in [1.54, 1.807) is 0 Å². The van der Waals surface area contributed by atoms with Crippen molar-refractivity contribution in [3.8, 4) is 0 Å². The molecule has 5 rings (SSSR count). The summed E-state index contributed by atoms with van der Waals surface area (Å²) in [7, 11) is 0. The zero-order valence-electron chi connectivity index (χ0n) is 17.9. The predicted octanol–water partition coefficient (Wildman–Crippen LogP) is 4.44. The maximum atomic E-state index is 6.54. The van der Waals surface area contributed by atoms with Gasteiger partial charge in [0.15, 0.2) is 17.9 Å². The van der Waals surface area contributed by atoms with Gasteiger partial charge < -0.3 is 28.4 Å². The van der Waals surface area contributed by atoms with Crippen molar-refractivity contribution in [3.05, 3.63) is 0 Å². The van der Waals surface area contributed by atoms with E-state index in [2.05, 4.69) is 6.92 Å². The highest BCUT2D eigenvalue weighted by Crippen LogP contribution is 2.48. The Morgan fingerprint density at radius 3 is 2.24 bits per heavy atom. The van der Waals surface area contributed by atoms with Gasteiger partial charge in [-0.25, -0.2) is 0 Å². The van der Waals surface area contributed by atoms with Gasteiger partial charge in [-0.3, -0.25) is 0 Å². The van der Waals surface area contributed by atoms with Crippen LogP contribution in [0, 0.1) is 0 Å². The molecule has 0 aromatic carbocycles. The van der Waals surface area contributed by atoms with Gasteiger partial charge in [0.25, 0.3) is 0 Å². The molecule has 6 heteroatoms. The van der Waals surface area contributed by atoms with Gasteiger partial charge in [0.2, 0.25) is 0 Å². The summed E-state index contributed by atoms with van der Waals surface area (Å²) in [6.45, 7) is 3.52. The molecule has 29 heavy (non-hydrogen) atoms. The summed E-state index contributed by atoms with van der Waals surface area (Å²) in [5.74, 6) is -0.857. The van der Waals surface area contributed by atoms with Gasteiger partial charge in [0.05, 0.1) is 6.61 Å². The Kier molecular flexibility index (Phi) is 6.21. The van der Waals surface area contributed by atoms with Gasteiger partial charge >= 0.3 is 0 Å². The zero-order chi connectivity index (χ0) is 19.7. The van der Waals surface area contributed by atoms with Crippen LogP contribution in [0.4, 0.5) is 0 Å². The molecule has 5 atom stereocenters. The molecule has 5 fully saturated rings. The Hall–Kier alpha value is -0.240. The van der Waals surface area contributed by atoms with Crippen molar-refractivity contribution in [2.45, 2.75) is 133 Å². The van der Waals surface area contributed by atoms with Crippen molar-refractivity contribution in [2.24, 2.45) is 0 Å². The van der Waals surface area contributed by atoms with Gasteiger partial charge in [-0.1, -0.05) is 32.6 Å². The molecule has 0 radical (unpaired) electrons. The normalized spacial score (nSPS) is 40.7. The molecule has 3 saturated heterocycles. The Labute approximate surface area is 174 Å². The molecule has 2 aliphatic carbocycles.